The van der Waals surface area contributed by atoms with E-state index in [1.165, 1.54) is 38.3 Å². The Hall–Kier alpha value is -2.38. The van der Waals surface area contributed by atoms with Crippen LogP contribution < -0.4 is 21.7 Å². The smallest absolute Gasteiger partial charge is 0.254 e. The third-order valence-corrected chi connectivity index (χ3v) is 6.86. The summed E-state index contributed by atoms with van der Waals surface area (Å²) < 4.78 is 0. The molecule has 1 atom stereocenters. The van der Waals surface area contributed by atoms with Gasteiger partial charge < -0.3 is 21.7 Å². The van der Waals surface area contributed by atoms with E-state index in [0.717, 1.165) is 32.2 Å². The molecule has 2 aliphatic carbocycles. The van der Waals surface area contributed by atoms with Gasteiger partial charge in [0, 0.05) is 31.2 Å². The van der Waals surface area contributed by atoms with Crippen LogP contribution in [-0.4, -0.2) is 40.4 Å². The maximum Gasteiger partial charge on any atom is 0.254 e. The lowest BCUT2D eigenvalue weighted by atomic mass is 9.85. The second-order valence-electron chi connectivity index (χ2n) is 9.17. The number of nitrogens with zero attached hydrogens (tertiary/aromatic N) is 2. The fraction of sp³-hybridized carbons (Fsp3) is 0.739. The minimum absolute atomic E-state index is 0.106. The van der Waals surface area contributed by atoms with Crippen molar-refractivity contribution < 1.29 is 9.59 Å². The topological polar surface area (TPSA) is 122 Å². The zero-order valence-electron chi connectivity index (χ0n) is 19.0. The number of rotatable bonds is 9. The molecule has 0 radical (unpaired) electrons. The molecule has 2 fully saturated rings. The molecule has 0 bridgehead atoms. The molecule has 2 saturated carbocycles. The van der Waals surface area contributed by atoms with Crippen LogP contribution in [-0.2, 0) is 4.79 Å². The van der Waals surface area contributed by atoms with Crippen molar-refractivity contribution in [3.8, 4) is 0 Å². The van der Waals surface area contributed by atoms with Crippen molar-refractivity contribution in [3.05, 3.63) is 11.8 Å². The molecular weight excluding hydrogens is 392 g/mol. The van der Waals surface area contributed by atoms with Gasteiger partial charge in [-0.25, -0.2) is 4.98 Å². The van der Waals surface area contributed by atoms with Gasteiger partial charge in [-0.2, -0.15) is 4.98 Å². The predicted molar refractivity (Wildman–Crippen MR) is 123 cm³/mol. The molecule has 0 unspecified atom stereocenters. The fourth-order valence-corrected chi connectivity index (χ4v) is 4.78. The third kappa shape index (κ3) is 6.80. The molecule has 0 saturated heterocycles. The van der Waals surface area contributed by atoms with Gasteiger partial charge in [0.15, 0.2) is 0 Å². The van der Waals surface area contributed by atoms with Gasteiger partial charge in [0.25, 0.3) is 5.91 Å². The Labute approximate surface area is 185 Å². The summed E-state index contributed by atoms with van der Waals surface area (Å²) in [7, 11) is 0. The van der Waals surface area contributed by atoms with Crippen LogP contribution in [0.4, 0.5) is 11.8 Å². The van der Waals surface area contributed by atoms with E-state index >= 15 is 0 Å². The Balaban J connectivity index is 1.58. The first-order chi connectivity index (χ1) is 15.0. The summed E-state index contributed by atoms with van der Waals surface area (Å²) >= 11 is 0. The van der Waals surface area contributed by atoms with E-state index in [1.54, 1.807) is 0 Å². The SMILES string of the molecule is CCC(=O)NCC1CCC(Nc2nc(N[C@@H](C)C3CCCCC3)ncc2C(N)=O)CC1. The standard InChI is InChI=1S/C23H38N6O2/c1-3-20(30)25-13-16-9-11-18(12-10-16)28-22-19(21(24)31)14-26-23(29-22)27-15(2)17-7-5-4-6-8-17/h14-18H,3-13H2,1-2H3,(H2,24,31)(H,25,30)(H2,26,27,28,29)/t15-,16?,18?/m0/s1. The van der Waals surface area contributed by atoms with Crippen molar-refractivity contribution in [2.24, 2.45) is 17.6 Å². The molecule has 172 valence electrons. The van der Waals surface area contributed by atoms with Gasteiger partial charge in [-0.15, -0.1) is 0 Å². The molecule has 1 aromatic heterocycles. The van der Waals surface area contributed by atoms with Crippen molar-refractivity contribution in [2.75, 3.05) is 17.2 Å². The molecule has 5 N–H and O–H groups in total. The number of hydrogen-bond donors (Lipinski definition) is 4. The highest BCUT2D eigenvalue weighted by atomic mass is 16.1. The summed E-state index contributed by atoms with van der Waals surface area (Å²) in [6.45, 7) is 4.80. The lowest BCUT2D eigenvalue weighted by Crippen LogP contribution is -2.34. The van der Waals surface area contributed by atoms with Crippen LogP contribution >= 0.6 is 0 Å². The zero-order chi connectivity index (χ0) is 22.2. The maximum atomic E-state index is 11.9. The van der Waals surface area contributed by atoms with E-state index in [9.17, 15) is 9.59 Å². The Morgan fingerprint density at radius 2 is 1.84 bits per heavy atom. The quantitative estimate of drug-likeness (QED) is 0.476. The van der Waals surface area contributed by atoms with Crippen molar-refractivity contribution in [2.45, 2.75) is 90.1 Å². The Kier molecular flexibility index (Phi) is 8.49. The number of primary amides is 1. The summed E-state index contributed by atoms with van der Waals surface area (Å²) in [5.41, 5.74) is 5.90. The first kappa shape index (κ1) is 23.3. The normalized spacial score (nSPS) is 23.0. The zero-order valence-corrected chi connectivity index (χ0v) is 19.0. The predicted octanol–water partition coefficient (Wildman–Crippen LogP) is 3.45. The lowest BCUT2D eigenvalue weighted by molar-refractivity contribution is -0.121. The third-order valence-electron chi connectivity index (χ3n) is 6.86. The molecule has 0 spiro atoms. The molecular formula is C23H38N6O2. The molecule has 1 heterocycles. The van der Waals surface area contributed by atoms with Crippen molar-refractivity contribution >= 4 is 23.6 Å². The molecule has 0 aliphatic heterocycles. The van der Waals surface area contributed by atoms with Crippen LogP contribution in [0.25, 0.3) is 0 Å². The van der Waals surface area contributed by atoms with Gasteiger partial charge >= 0.3 is 0 Å². The first-order valence-electron chi connectivity index (χ1n) is 11.9. The number of aromatic nitrogens is 2. The van der Waals surface area contributed by atoms with Gasteiger partial charge in [-0.05, 0) is 57.3 Å². The van der Waals surface area contributed by atoms with Crippen molar-refractivity contribution in [3.63, 3.8) is 0 Å². The first-order valence-corrected chi connectivity index (χ1v) is 11.9. The molecule has 31 heavy (non-hydrogen) atoms. The summed E-state index contributed by atoms with van der Waals surface area (Å²) in [5, 5.41) is 9.88. The molecule has 2 amide bonds. The summed E-state index contributed by atoms with van der Waals surface area (Å²) in [6.07, 6.45) is 12.4. The number of amides is 2. The highest BCUT2D eigenvalue weighted by Crippen LogP contribution is 2.29. The molecule has 3 rings (SSSR count). The van der Waals surface area contributed by atoms with E-state index in [0.29, 0.717) is 41.6 Å². The van der Waals surface area contributed by atoms with Gasteiger partial charge in [0.1, 0.15) is 5.82 Å². The minimum Gasteiger partial charge on any atom is -0.367 e. The minimum atomic E-state index is -0.523. The highest BCUT2D eigenvalue weighted by molar-refractivity contribution is 5.97. The summed E-state index contributed by atoms with van der Waals surface area (Å²) in [4.78, 5) is 32.4. The number of hydrogen-bond acceptors (Lipinski definition) is 6. The van der Waals surface area contributed by atoms with E-state index in [-0.39, 0.29) is 11.9 Å². The van der Waals surface area contributed by atoms with E-state index in [4.69, 9.17) is 5.73 Å². The van der Waals surface area contributed by atoms with Crippen LogP contribution in [0.15, 0.2) is 6.20 Å². The van der Waals surface area contributed by atoms with E-state index in [1.807, 2.05) is 6.92 Å². The molecule has 0 aromatic carbocycles. The van der Waals surface area contributed by atoms with Crippen LogP contribution in [0, 0.1) is 11.8 Å². The largest absolute Gasteiger partial charge is 0.367 e. The van der Waals surface area contributed by atoms with Gasteiger partial charge in [0.2, 0.25) is 11.9 Å². The molecule has 8 nitrogen and oxygen atoms in total. The Morgan fingerprint density at radius 3 is 2.48 bits per heavy atom. The van der Waals surface area contributed by atoms with Gasteiger partial charge in [-0.1, -0.05) is 26.2 Å². The number of carbonyl (C=O) groups is 2. The van der Waals surface area contributed by atoms with Crippen LogP contribution in [0.1, 0.15) is 88.4 Å². The van der Waals surface area contributed by atoms with Crippen molar-refractivity contribution in [1.82, 2.24) is 15.3 Å². The number of carbonyl (C=O) groups excluding carboxylic acids is 2. The number of nitrogens with one attached hydrogen (secondary N) is 3. The molecule has 1 aromatic rings. The second kappa shape index (κ2) is 11.3. The van der Waals surface area contributed by atoms with Crippen LogP contribution in [0.2, 0.25) is 0 Å². The van der Waals surface area contributed by atoms with Gasteiger partial charge in [-0.3, -0.25) is 9.59 Å². The second-order valence-corrected chi connectivity index (χ2v) is 9.17. The van der Waals surface area contributed by atoms with Crippen molar-refractivity contribution in [1.29, 1.82) is 0 Å². The number of nitrogens with two attached hydrogens (primary N) is 1. The van der Waals surface area contributed by atoms with Gasteiger partial charge in [0.05, 0.1) is 5.56 Å². The van der Waals surface area contributed by atoms with E-state index < -0.39 is 5.91 Å². The average molecular weight is 431 g/mol. The summed E-state index contributed by atoms with van der Waals surface area (Å²) in [6, 6.07) is 0.524. The average Bonchev–Trinajstić information content (AvgIpc) is 2.79. The number of anilines is 2. The maximum absolute atomic E-state index is 11.9. The Bertz CT molecular complexity index is 742. The van der Waals surface area contributed by atoms with Crippen LogP contribution in [0.5, 0.6) is 0 Å². The monoisotopic (exact) mass is 430 g/mol. The van der Waals surface area contributed by atoms with E-state index in [2.05, 4.69) is 32.8 Å². The summed E-state index contributed by atoms with van der Waals surface area (Å²) in [5.74, 6) is 1.78. The molecule has 8 heteroatoms. The Morgan fingerprint density at radius 1 is 1.13 bits per heavy atom. The molecule has 2 aliphatic rings. The lowest BCUT2D eigenvalue weighted by Gasteiger charge is -2.30. The fourth-order valence-electron chi connectivity index (χ4n) is 4.78. The highest BCUT2D eigenvalue weighted by Gasteiger charge is 2.25. The van der Waals surface area contributed by atoms with Crippen LogP contribution in [0.3, 0.4) is 0 Å².